The largest absolute Gasteiger partial charge is 0.380 e. The van der Waals surface area contributed by atoms with Gasteiger partial charge in [-0.1, -0.05) is 0 Å². The van der Waals surface area contributed by atoms with Crippen LogP contribution in [-0.2, 0) is 0 Å². The fraction of sp³-hybridized carbons (Fsp3) is 0.500. The van der Waals surface area contributed by atoms with E-state index in [2.05, 4.69) is 58.1 Å². The number of nitrogens with one attached hydrogen (secondary N) is 1. The molecule has 4 heteroatoms. The molecular formula is C10H14BrN3. The van der Waals surface area contributed by atoms with E-state index in [0.29, 0.717) is 0 Å². The third-order valence-corrected chi connectivity index (χ3v) is 3.20. The Morgan fingerprint density at radius 3 is 3.00 bits per heavy atom. The summed E-state index contributed by atoms with van der Waals surface area (Å²) in [5.74, 6) is 1.02. The van der Waals surface area contributed by atoms with E-state index < -0.39 is 0 Å². The van der Waals surface area contributed by atoms with Crippen LogP contribution < -0.4 is 10.2 Å². The van der Waals surface area contributed by atoms with Gasteiger partial charge in [0.2, 0.25) is 0 Å². The van der Waals surface area contributed by atoms with E-state index in [4.69, 9.17) is 0 Å². The minimum atomic E-state index is 0.119. The average molecular weight is 256 g/mol. The second kappa shape index (κ2) is 3.12. The van der Waals surface area contributed by atoms with Gasteiger partial charge in [0.1, 0.15) is 0 Å². The first-order valence-electron chi connectivity index (χ1n) is 4.64. The molecule has 1 aromatic rings. The molecule has 0 aromatic carbocycles. The molecular weight excluding hydrogens is 242 g/mol. The molecule has 0 bridgehead atoms. The Morgan fingerprint density at radius 2 is 2.29 bits per heavy atom. The summed E-state index contributed by atoms with van der Waals surface area (Å²) < 4.78 is 1.01. The molecule has 1 aromatic heterocycles. The van der Waals surface area contributed by atoms with Gasteiger partial charge in [-0.2, -0.15) is 0 Å². The van der Waals surface area contributed by atoms with Crippen molar-refractivity contribution in [1.29, 1.82) is 0 Å². The first kappa shape index (κ1) is 9.77. The van der Waals surface area contributed by atoms with Crippen molar-refractivity contribution in [2.75, 3.05) is 23.8 Å². The van der Waals surface area contributed by atoms with Crippen molar-refractivity contribution in [2.24, 2.45) is 0 Å². The fourth-order valence-electron chi connectivity index (χ4n) is 1.55. The summed E-state index contributed by atoms with van der Waals surface area (Å²) in [5, 5.41) is 3.39. The lowest BCUT2D eigenvalue weighted by molar-refractivity contribution is 0.497. The highest BCUT2D eigenvalue weighted by molar-refractivity contribution is 9.10. The number of halogens is 1. The van der Waals surface area contributed by atoms with Crippen LogP contribution in [0.3, 0.4) is 0 Å². The third-order valence-electron chi connectivity index (χ3n) is 2.77. The van der Waals surface area contributed by atoms with Crippen molar-refractivity contribution >= 4 is 27.4 Å². The first-order chi connectivity index (χ1) is 6.50. The standard InChI is InChI=1S/C10H14BrN3/c1-10(2)6-13-8-4-7(11)5-12-9(8)14(10)3/h4-5,13H,6H2,1-3H3. The van der Waals surface area contributed by atoms with Gasteiger partial charge in [0, 0.05) is 24.3 Å². The van der Waals surface area contributed by atoms with Crippen LogP contribution in [0.15, 0.2) is 16.7 Å². The van der Waals surface area contributed by atoms with E-state index in [-0.39, 0.29) is 5.54 Å². The second-order valence-electron chi connectivity index (χ2n) is 4.25. The van der Waals surface area contributed by atoms with Crippen LogP contribution in [0.25, 0.3) is 0 Å². The molecule has 0 saturated carbocycles. The van der Waals surface area contributed by atoms with Gasteiger partial charge >= 0.3 is 0 Å². The topological polar surface area (TPSA) is 28.2 Å². The maximum Gasteiger partial charge on any atom is 0.152 e. The molecule has 0 fully saturated rings. The van der Waals surface area contributed by atoms with Gasteiger partial charge in [0.05, 0.1) is 11.2 Å². The first-order valence-corrected chi connectivity index (χ1v) is 5.43. The number of rotatable bonds is 0. The third kappa shape index (κ3) is 1.47. The van der Waals surface area contributed by atoms with E-state index >= 15 is 0 Å². The predicted octanol–water partition coefficient (Wildman–Crippen LogP) is 2.48. The Bertz CT molecular complexity index is 362. The maximum absolute atomic E-state index is 4.41. The SMILES string of the molecule is CN1c2ncc(Br)cc2NCC1(C)C. The normalized spacial score (nSPS) is 18.7. The number of anilines is 2. The number of hydrogen-bond acceptors (Lipinski definition) is 3. The summed E-state index contributed by atoms with van der Waals surface area (Å²) in [6.07, 6.45) is 1.83. The lowest BCUT2D eigenvalue weighted by Gasteiger charge is -2.42. The Kier molecular flexibility index (Phi) is 2.18. The van der Waals surface area contributed by atoms with E-state index in [1.807, 2.05) is 6.20 Å². The Hall–Kier alpha value is -0.770. The van der Waals surface area contributed by atoms with Crippen LogP contribution in [0.1, 0.15) is 13.8 Å². The highest BCUT2D eigenvalue weighted by Crippen LogP contribution is 2.34. The number of pyridine rings is 1. The van der Waals surface area contributed by atoms with Crippen LogP contribution in [0.4, 0.5) is 11.5 Å². The maximum atomic E-state index is 4.41. The molecule has 76 valence electrons. The molecule has 2 rings (SSSR count). The molecule has 0 unspecified atom stereocenters. The minimum absolute atomic E-state index is 0.119. The number of fused-ring (bicyclic) bond motifs is 1. The molecule has 3 nitrogen and oxygen atoms in total. The van der Waals surface area contributed by atoms with Gasteiger partial charge in [-0.3, -0.25) is 0 Å². The molecule has 0 amide bonds. The number of hydrogen-bond donors (Lipinski definition) is 1. The van der Waals surface area contributed by atoms with Crippen molar-refractivity contribution in [2.45, 2.75) is 19.4 Å². The van der Waals surface area contributed by atoms with Gasteiger partial charge in [-0.15, -0.1) is 0 Å². The summed E-state index contributed by atoms with van der Waals surface area (Å²) in [7, 11) is 2.08. The molecule has 2 heterocycles. The Labute approximate surface area is 92.6 Å². The van der Waals surface area contributed by atoms with Crippen molar-refractivity contribution in [3.05, 3.63) is 16.7 Å². The molecule has 1 N–H and O–H groups in total. The second-order valence-corrected chi connectivity index (χ2v) is 5.17. The fourth-order valence-corrected chi connectivity index (χ4v) is 1.88. The summed E-state index contributed by atoms with van der Waals surface area (Å²) >= 11 is 3.42. The van der Waals surface area contributed by atoms with Gasteiger partial charge in [-0.05, 0) is 35.8 Å². The summed E-state index contributed by atoms with van der Waals surface area (Å²) in [5.41, 5.74) is 1.22. The molecule has 14 heavy (non-hydrogen) atoms. The quantitative estimate of drug-likeness (QED) is 0.773. The lowest BCUT2D eigenvalue weighted by Crippen LogP contribution is -2.50. The highest BCUT2D eigenvalue weighted by atomic mass is 79.9. The van der Waals surface area contributed by atoms with Crippen molar-refractivity contribution in [1.82, 2.24) is 4.98 Å². The van der Waals surface area contributed by atoms with E-state index in [0.717, 1.165) is 22.5 Å². The number of nitrogens with zero attached hydrogens (tertiary/aromatic N) is 2. The highest BCUT2D eigenvalue weighted by Gasteiger charge is 2.30. The molecule has 0 saturated heterocycles. The van der Waals surface area contributed by atoms with Gasteiger partial charge in [0.15, 0.2) is 5.82 Å². The van der Waals surface area contributed by atoms with Gasteiger partial charge in [0.25, 0.3) is 0 Å². The Morgan fingerprint density at radius 1 is 1.57 bits per heavy atom. The van der Waals surface area contributed by atoms with Gasteiger partial charge < -0.3 is 10.2 Å². The zero-order chi connectivity index (χ0) is 10.3. The van der Waals surface area contributed by atoms with Crippen LogP contribution in [-0.4, -0.2) is 24.1 Å². The van der Waals surface area contributed by atoms with Crippen LogP contribution in [0.5, 0.6) is 0 Å². The minimum Gasteiger partial charge on any atom is -0.380 e. The smallest absolute Gasteiger partial charge is 0.152 e. The molecule has 0 atom stereocenters. The van der Waals surface area contributed by atoms with Crippen LogP contribution in [0.2, 0.25) is 0 Å². The van der Waals surface area contributed by atoms with E-state index in [9.17, 15) is 0 Å². The van der Waals surface area contributed by atoms with Crippen LogP contribution >= 0.6 is 15.9 Å². The lowest BCUT2D eigenvalue weighted by atomic mass is 10.0. The van der Waals surface area contributed by atoms with Crippen molar-refractivity contribution in [3.8, 4) is 0 Å². The molecule has 0 spiro atoms. The predicted molar refractivity (Wildman–Crippen MR) is 62.9 cm³/mol. The summed E-state index contributed by atoms with van der Waals surface area (Å²) in [6, 6.07) is 2.06. The van der Waals surface area contributed by atoms with E-state index in [1.165, 1.54) is 0 Å². The summed E-state index contributed by atoms with van der Waals surface area (Å²) in [4.78, 5) is 6.63. The van der Waals surface area contributed by atoms with Crippen LogP contribution in [0, 0.1) is 0 Å². The zero-order valence-electron chi connectivity index (χ0n) is 8.63. The van der Waals surface area contributed by atoms with E-state index in [1.54, 1.807) is 0 Å². The molecule has 0 radical (unpaired) electrons. The molecule has 0 aliphatic carbocycles. The number of likely N-dealkylation sites (N-methyl/N-ethyl adjacent to an activating group) is 1. The van der Waals surface area contributed by atoms with Gasteiger partial charge in [-0.25, -0.2) is 4.98 Å². The molecule has 1 aliphatic rings. The monoisotopic (exact) mass is 255 g/mol. The summed E-state index contributed by atoms with van der Waals surface area (Å²) in [6.45, 7) is 5.34. The number of aromatic nitrogens is 1. The van der Waals surface area contributed by atoms with Crippen molar-refractivity contribution < 1.29 is 0 Å². The Balaban J connectivity index is 2.46. The average Bonchev–Trinajstić information content (AvgIpc) is 2.12. The zero-order valence-corrected chi connectivity index (χ0v) is 10.2. The van der Waals surface area contributed by atoms with Crippen molar-refractivity contribution in [3.63, 3.8) is 0 Å². The molecule has 1 aliphatic heterocycles.